The van der Waals surface area contributed by atoms with Crippen LogP contribution in [0.3, 0.4) is 0 Å². The molecule has 0 aliphatic heterocycles. The summed E-state index contributed by atoms with van der Waals surface area (Å²) in [6, 6.07) is 2.41. The van der Waals surface area contributed by atoms with Crippen LogP contribution in [-0.2, 0) is 21.2 Å². The molecule has 0 saturated carbocycles. The third-order valence-electron chi connectivity index (χ3n) is 2.95. The Morgan fingerprint density at radius 1 is 1.43 bits per heavy atom. The second-order valence-corrected chi connectivity index (χ2v) is 7.19. The van der Waals surface area contributed by atoms with E-state index in [0.29, 0.717) is 0 Å². The summed E-state index contributed by atoms with van der Waals surface area (Å²) in [6.45, 7) is 3.79. The molecule has 1 N–H and O–H groups in total. The molecule has 21 heavy (non-hydrogen) atoms. The lowest BCUT2D eigenvalue weighted by Gasteiger charge is -2.25. The Kier molecular flexibility index (Phi) is 5.75. The van der Waals surface area contributed by atoms with Gasteiger partial charge in [-0.05, 0) is 26.0 Å². The third kappa shape index (κ3) is 4.16. The molecule has 6 nitrogen and oxygen atoms in total. The fraction of sp³-hybridized carbons (Fsp3) is 0.462. The summed E-state index contributed by atoms with van der Waals surface area (Å²) < 4.78 is 23.7. The molecule has 1 aromatic carbocycles. The number of hydrogen-bond donors (Lipinski definition) is 1. The van der Waals surface area contributed by atoms with Crippen molar-refractivity contribution in [1.82, 2.24) is 5.06 Å². The fourth-order valence-corrected chi connectivity index (χ4v) is 3.17. The minimum Gasteiger partial charge on any atom is -0.478 e. The Balaban J connectivity index is 3.50. The number of carboxylic acids is 1. The van der Waals surface area contributed by atoms with Gasteiger partial charge in [0.15, 0.2) is 9.84 Å². The summed E-state index contributed by atoms with van der Waals surface area (Å²) in [7, 11) is -2.08. The first-order valence-corrected chi connectivity index (χ1v) is 8.42. The van der Waals surface area contributed by atoms with Crippen LogP contribution >= 0.6 is 11.6 Å². The molecule has 0 heterocycles. The summed E-state index contributed by atoms with van der Waals surface area (Å²) in [5.74, 6) is -1.21. The quantitative estimate of drug-likeness (QED) is 0.802. The van der Waals surface area contributed by atoms with Gasteiger partial charge in [0.25, 0.3) is 0 Å². The SMILES string of the molecule is CON(Cc1c(S(C)(=O)=O)ccc(C(=O)O)c1Cl)C(C)C. The lowest BCUT2D eigenvalue weighted by atomic mass is 10.1. The van der Waals surface area contributed by atoms with Crippen LogP contribution in [-0.4, -0.2) is 44.0 Å². The largest absolute Gasteiger partial charge is 0.478 e. The maximum absolute atomic E-state index is 11.9. The van der Waals surface area contributed by atoms with Gasteiger partial charge in [0.2, 0.25) is 0 Å². The van der Waals surface area contributed by atoms with Crippen molar-refractivity contribution in [3.05, 3.63) is 28.3 Å². The van der Waals surface area contributed by atoms with Crippen LogP contribution in [0.1, 0.15) is 29.8 Å². The zero-order valence-corrected chi connectivity index (χ0v) is 13.8. The molecule has 1 aromatic rings. The van der Waals surface area contributed by atoms with Gasteiger partial charge in [0.1, 0.15) is 0 Å². The van der Waals surface area contributed by atoms with Crippen LogP contribution in [0.25, 0.3) is 0 Å². The van der Waals surface area contributed by atoms with Crippen LogP contribution in [0.5, 0.6) is 0 Å². The predicted octanol–water partition coefficient (Wildman–Crippen LogP) is 2.21. The number of carbonyl (C=O) groups is 1. The summed E-state index contributed by atoms with van der Waals surface area (Å²) >= 11 is 6.09. The number of hydroxylamine groups is 2. The highest BCUT2D eigenvalue weighted by atomic mass is 35.5. The molecule has 0 spiro atoms. The monoisotopic (exact) mass is 335 g/mol. The topological polar surface area (TPSA) is 83.9 Å². The van der Waals surface area contributed by atoms with Gasteiger partial charge in [-0.3, -0.25) is 0 Å². The number of nitrogens with zero attached hydrogens (tertiary/aromatic N) is 1. The number of benzene rings is 1. The molecular formula is C13H18ClNO5S. The predicted molar refractivity (Wildman–Crippen MR) is 79.2 cm³/mol. The highest BCUT2D eigenvalue weighted by Crippen LogP contribution is 2.29. The molecule has 8 heteroatoms. The van der Waals surface area contributed by atoms with Crippen LogP contribution in [0.15, 0.2) is 17.0 Å². The van der Waals surface area contributed by atoms with Gasteiger partial charge in [-0.25, -0.2) is 13.2 Å². The Morgan fingerprint density at radius 3 is 2.38 bits per heavy atom. The van der Waals surface area contributed by atoms with Crippen molar-refractivity contribution in [2.24, 2.45) is 0 Å². The molecule has 0 aliphatic carbocycles. The molecule has 1 rings (SSSR count). The normalized spacial score (nSPS) is 12.1. The number of sulfone groups is 1. The summed E-state index contributed by atoms with van der Waals surface area (Å²) in [5.41, 5.74) is 0.0773. The zero-order valence-electron chi connectivity index (χ0n) is 12.3. The van der Waals surface area contributed by atoms with Gasteiger partial charge >= 0.3 is 5.97 Å². The molecule has 0 aliphatic rings. The molecule has 118 valence electrons. The van der Waals surface area contributed by atoms with Crippen molar-refractivity contribution >= 4 is 27.4 Å². The van der Waals surface area contributed by atoms with Crippen molar-refractivity contribution in [2.45, 2.75) is 31.3 Å². The first-order chi connectivity index (χ1) is 9.59. The smallest absolute Gasteiger partial charge is 0.337 e. The molecule has 0 fully saturated rings. The minimum absolute atomic E-state index is 0.000185. The standard InChI is InChI=1S/C13H18ClNO5S/c1-8(2)15(20-3)7-10-11(21(4,18)19)6-5-9(12(10)14)13(16)17/h5-6,8H,7H2,1-4H3,(H,16,17). The second kappa shape index (κ2) is 6.74. The average molecular weight is 336 g/mol. The molecule has 0 bridgehead atoms. The van der Waals surface area contributed by atoms with E-state index in [2.05, 4.69) is 0 Å². The van der Waals surface area contributed by atoms with E-state index in [1.54, 1.807) is 0 Å². The zero-order chi connectivity index (χ0) is 16.4. The van der Waals surface area contributed by atoms with Gasteiger partial charge in [0.05, 0.1) is 29.1 Å². The third-order valence-corrected chi connectivity index (χ3v) is 4.57. The highest BCUT2D eigenvalue weighted by molar-refractivity contribution is 7.90. The second-order valence-electron chi connectivity index (χ2n) is 4.83. The van der Waals surface area contributed by atoms with E-state index in [4.69, 9.17) is 21.5 Å². The van der Waals surface area contributed by atoms with Gasteiger partial charge in [-0.1, -0.05) is 11.6 Å². The van der Waals surface area contributed by atoms with Gasteiger partial charge in [0, 0.05) is 17.9 Å². The number of halogens is 1. The first-order valence-electron chi connectivity index (χ1n) is 6.15. The number of rotatable bonds is 6. The van der Waals surface area contributed by atoms with Crippen molar-refractivity contribution in [1.29, 1.82) is 0 Å². The fourth-order valence-electron chi connectivity index (χ4n) is 1.88. The van der Waals surface area contributed by atoms with Gasteiger partial charge in [-0.15, -0.1) is 0 Å². The molecule has 0 amide bonds. The Hall–Kier alpha value is -1.15. The summed E-state index contributed by atoms with van der Waals surface area (Å²) in [6.07, 6.45) is 1.05. The van der Waals surface area contributed by atoms with E-state index in [1.807, 2.05) is 13.8 Å². The number of aromatic carboxylic acids is 1. The first kappa shape index (κ1) is 17.9. The van der Waals surface area contributed by atoms with Crippen LogP contribution < -0.4 is 0 Å². The van der Waals surface area contributed by atoms with E-state index in [0.717, 1.165) is 6.26 Å². The molecule has 0 saturated heterocycles. The van der Waals surface area contributed by atoms with Crippen molar-refractivity contribution in [3.63, 3.8) is 0 Å². The van der Waals surface area contributed by atoms with Gasteiger partial charge in [-0.2, -0.15) is 5.06 Å². The number of carboxylic acid groups (broad SMARTS) is 1. The van der Waals surface area contributed by atoms with Crippen molar-refractivity contribution < 1.29 is 23.2 Å². The summed E-state index contributed by atoms with van der Waals surface area (Å²) in [5, 5.41) is 10.5. The van der Waals surface area contributed by atoms with Crippen LogP contribution in [0.4, 0.5) is 0 Å². The maximum Gasteiger partial charge on any atom is 0.337 e. The van der Waals surface area contributed by atoms with E-state index >= 15 is 0 Å². The maximum atomic E-state index is 11.9. The minimum atomic E-state index is -3.54. The van der Waals surface area contributed by atoms with E-state index in [-0.39, 0.29) is 33.6 Å². The van der Waals surface area contributed by atoms with Crippen LogP contribution in [0.2, 0.25) is 5.02 Å². The lowest BCUT2D eigenvalue weighted by molar-refractivity contribution is -0.161. The molecule has 0 atom stereocenters. The Labute approximate surface area is 129 Å². The lowest BCUT2D eigenvalue weighted by Crippen LogP contribution is -2.30. The molecular weight excluding hydrogens is 318 g/mol. The Morgan fingerprint density at radius 2 is 2.00 bits per heavy atom. The van der Waals surface area contributed by atoms with Gasteiger partial charge < -0.3 is 9.94 Å². The van der Waals surface area contributed by atoms with E-state index in [9.17, 15) is 13.2 Å². The van der Waals surface area contributed by atoms with Crippen molar-refractivity contribution in [3.8, 4) is 0 Å². The Bertz CT molecular complexity index is 642. The van der Waals surface area contributed by atoms with Crippen molar-refractivity contribution in [2.75, 3.05) is 13.4 Å². The average Bonchev–Trinajstić information content (AvgIpc) is 2.34. The number of hydrogen-bond acceptors (Lipinski definition) is 5. The van der Waals surface area contributed by atoms with E-state index in [1.165, 1.54) is 24.3 Å². The van der Waals surface area contributed by atoms with E-state index < -0.39 is 15.8 Å². The van der Waals surface area contributed by atoms with Crippen LogP contribution in [0, 0.1) is 0 Å². The molecule has 0 unspecified atom stereocenters. The summed E-state index contributed by atoms with van der Waals surface area (Å²) in [4.78, 5) is 16.3. The highest BCUT2D eigenvalue weighted by Gasteiger charge is 2.24. The molecule has 0 aromatic heterocycles. The molecule has 0 radical (unpaired) electrons.